The molecule has 0 aromatic rings. The molecule has 1 N–H and O–H groups in total. The maximum atomic E-state index is 11.9. The van der Waals surface area contributed by atoms with Crippen molar-refractivity contribution < 1.29 is 14.3 Å². The lowest BCUT2D eigenvalue weighted by Gasteiger charge is -2.28. The van der Waals surface area contributed by atoms with Crippen LogP contribution in [0.2, 0.25) is 0 Å². The van der Waals surface area contributed by atoms with Crippen LogP contribution >= 0.6 is 0 Å². The van der Waals surface area contributed by atoms with Gasteiger partial charge >= 0.3 is 5.97 Å². The molecule has 0 saturated heterocycles. The van der Waals surface area contributed by atoms with Gasteiger partial charge in [0.2, 0.25) is 0 Å². The molecule has 0 aliphatic carbocycles. The third-order valence-corrected chi connectivity index (χ3v) is 2.54. The zero-order chi connectivity index (χ0) is 13.3. The first kappa shape index (κ1) is 16.4. The number of hydrogen-bond acceptors (Lipinski definition) is 4. The molecule has 0 spiro atoms. The van der Waals surface area contributed by atoms with E-state index in [4.69, 9.17) is 9.47 Å². The lowest BCUT2D eigenvalue weighted by atomic mass is 9.98. The highest BCUT2D eigenvalue weighted by atomic mass is 16.5. The normalized spacial score (nSPS) is 14.7. The van der Waals surface area contributed by atoms with Crippen molar-refractivity contribution in [3.8, 4) is 0 Å². The van der Waals surface area contributed by atoms with E-state index in [-0.39, 0.29) is 12.1 Å². The summed E-state index contributed by atoms with van der Waals surface area (Å²) in [7, 11) is 0. The van der Waals surface area contributed by atoms with Gasteiger partial charge in [0.05, 0.1) is 12.7 Å². The Bertz CT molecular complexity index is 219. The molecule has 4 nitrogen and oxygen atoms in total. The van der Waals surface area contributed by atoms with Gasteiger partial charge in [-0.2, -0.15) is 0 Å². The Balaban J connectivity index is 4.32. The first-order valence-electron chi connectivity index (χ1n) is 6.50. The monoisotopic (exact) mass is 245 g/mol. The van der Waals surface area contributed by atoms with Crippen LogP contribution in [0, 0.1) is 0 Å². The fourth-order valence-corrected chi connectivity index (χ4v) is 1.45. The first-order valence-corrected chi connectivity index (χ1v) is 6.50. The second-order valence-electron chi connectivity index (χ2n) is 4.65. The van der Waals surface area contributed by atoms with Gasteiger partial charge in [0.1, 0.15) is 5.54 Å². The molecule has 0 bridgehead atoms. The molecule has 102 valence electrons. The zero-order valence-electron chi connectivity index (χ0n) is 11.8. The molecule has 0 rings (SSSR count). The van der Waals surface area contributed by atoms with Crippen LogP contribution in [0.5, 0.6) is 0 Å². The summed E-state index contributed by atoms with van der Waals surface area (Å²) in [4.78, 5) is 11.9. The number of nitrogens with one attached hydrogen (secondary N) is 1. The van der Waals surface area contributed by atoms with E-state index in [0.29, 0.717) is 19.6 Å². The van der Waals surface area contributed by atoms with Gasteiger partial charge in [0, 0.05) is 6.61 Å². The summed E-state index contributed by atoms with van der Waals surface area (Å²) < 4.78 is 10.6. The van der Waals surface area contributed by atoms with Gasteiger partial charge < -0.3 is 14.8 Å². The highest BCUT2D eigenvalue weighted by Gasteiger charge is 2.33. The second kappa shape index (κ2) is 8.48. The van der Waals surface area contributed by atoms with Crippen LogP contribution in [0.15, 0.2) is 0 Å². The van der Waals surface area contributed by atoms with Crippen molar-refractivity contribution >= 4 is 5.97 Å². The van der Waals surface area contributed by atoms with Gasteiger partial charge in [0.25, 0.3) is 0 Å². The van der Waals surface area contributed by atoms with E-state index >= 15 is 0 Å². The Kier molecular flexibility index (Phi) is 8.17. The average molecular weight is 245 g/mol. The van der Waals surface area contributed by atoms with E-state index in [1.165, 1.54) is 0 Å². The van der Waals surface area contributed by atoms with Crippen molar-refractivity contribution in [1.29, 1.82) is 0 Å². The molecule has 0 aromatic carbocycles. The number of carbonyl (C=O) groups is 1. The Hall–Kier alpha value is -0.610. The van der Waals surface area contributed by atoms with Gasteiger partial charge in [0.15, 0.2) is 0 Å². The number of hydrogen-bond donors (Lipinski definition) is 1. The minimum absolute atomic E-state index is 0.188. The molecule has 0 aliphatic heterocycles. The number of esters is 1. The molecular weight excluding hydrogens is 218 g/mol. The van der Waals surface area contributed by atoms with Crippen molar-refractivity contribution in [2.75, 3.05) is 19.8 Å². The molecule has 4 heteroatoms. The van der Waals surface area contributed by atoms with Gasteiger partial charge in [-0.3, -0.25) is 4.79 Å². The van der Waals surface area contributed by atoms with Crippen molar-refractivity contribution in [1.82, 2.24) is 5.32 Å². The highest BCUT2D eigenvalue weighted by molar-refractivity contribution is 5.80. The van der Waals surface area contributed by atoms with E-state index in [0.717, 1.165) is 13.0 Å². The van der Waals surface area contributed by atoms with E-state index in [2.05, 4.69) is 12.2 Å². The number of carbonyl (C=O) groups excluding carboxylic acids is 1. The summed E-state index contributed by atoms with van der Waals surface area (Å²) in [5.41, 5.74) is -0.638. The Labute approximate surface area is 105 Å². The molecule has 0 aliphatic rings. The molecule has 0 aromatic heterocycles. The van der Waals surface area contributed by atoms with Crippen LogP contribution in [0.25, 0.3) is 0 Å². The third kappa shape index (κ3) is 6.64. The van der Waals surface area contributed by atoms with E-state index < -0.39 is 5.54 Å². The van der Waals surface area contributed by atoms with E-state index in [1.54, 1.807) is 0 Å². The molecule has 0 amide bonds. The molecule has 1 atom stereocenters. The summed E-state index contributed by atoms with van der Waals surface area (Å²) in [6.07, 6.45) is 1.80. The van der Waals surface area contributed by atoms with Crippen molar-refractivity contribution in [2.24, 2.45) is 0 Å². The van der Waals surface area contributed by atoms with Crippen LogP contribution in [-0.4, -0.2) is 37.4 Å². The zero-order valence-corrected chi connectivity index (χ0v) is 11.8. The van der Waals surface area contributed by atoms with Gasteiger partial charge in [-0.05, 0) is 47.1 Å². The minimum atomic E-state index is -0.638. The van der Waals surface area contributed by atoms with Gasteiger partial charge in [-0.15, -0.1) is 0 Å². The second-order valence-corrected chi connectivity index (χ2v) is 4.65. The summed E-state index contributed by atoms with van der Waals surface area (Å²) in [5.74, 6) is -0.194. The number of rotatable bonds is 9. The first-order chi connectivity index (χ1) is 7.96. The summed E-state index contributed by atoms with van der Waals surface area (Å²) in [6.45, 7) is 11.5. The van der Waals surface area contributed by atoms with Crippen molar-refractivity contribution in [3.05, 3.63) is 0 Å². The smallest absolute Gasteiger partial charge is 0.326 e. The molecule has 0 fully saturated rings. The van der Waals surface area contributed by atoms with Crippen LogP contribution < -0.4 is 5.32 Å². The van der Waals surface area contributed by atoms with Crippen LogP contribution in [0.3, 0.4) is 0 Å². The predicted octanol–water partition coefficient (Wildman–Crippen LogP) is 2.12. The Morgan fingerprint density at radius 2 is 2.00 bits per heavy atom. The van der Waals surface area contributed by atoms with E-state index in [9.17, 15) is 4.79 Å². The van der Waals surface area contributed by atoms with Crippen molar-refractivity contribution in [3.63, 3.8) is 0 Å². The summed E-state index contributed by atoms with van der Waals surface area (Å²) in [6, 6.07) is 0. The number of ether oxygens (including phenoxy) is 2. The minimum Gasteiger partial charge on any atom is -0.465 e. The highest BCUT2D eigenvalue weighted by Crippen LogP contribution is 2.13. The lowest BCUT2D eigenvalue weighted by molar-refractivity contribution is -0.151. The van der Waals surface area contributed by atoms with Gasteiger partial charge in [-0.1, -0.05) is 6.92 Å². The van der Waals surface area contributed by atoms with Crippen molar-refractivity contribution in [2.45, 2.75) is 59.1 Å². The molecule has 0 radical (unpaired) electrons. The average Bonchev–Trinajstić information content (AvgIpc) is 2.26. The van der Waals surface area contributed by atoms with E-state index in [1.807, 2.05) is 27.7 Å². The predicted molar refractivity (Wildman–Crippen MR) is 69.0 cm³/mol. The quantitative estimate of drug-likeness (QED) is 0.632. The molecule has 0 heterocycles. The SMILES string of the molecule is CCCNC(C)(CCOC(C)C)C(=O)OCC. The fraction of sp³-hybridized carbons (Fsp3) is 0.923. The molecular formula is C13H27NO3. The topological polar surface area (TPSA) is 47.6 Å². The largest absolute Gasteiger partial charge is 0.465 e. The molecule has 0 saturated carbocycles. The van der Waals surface area contributed by atoms with Gasteiger partial charge in [-0.25, -0.2) is 0 Å². The maximum absolute atomic E-state index is 11.9. The maximum Gasteiger partial charge on any atom is 0.326 e. The fourth-order valence-electron chi connectivity index (χ4n) is 1.45. The standard InChI is InChI=1S/C13H27NO3/c1-6-9-14-13(5,12(15)16-7-2)8-10-17-11(3)4/h11,14H,6-10H2,1-5H3. The summed E-state index contributed by atoms with van der Waals surface area (Å²) >= 11 is 0. The Morgan fingerprint density at radius 3 is 2.47 bits per heavy atom. The summed E-state index contributed by atoms with van der Waals surface area (Å²) in [5, 5.41) is 3.25. The van der Waals surface area contributed by atoms with Crippen LogP contribution in [0.1, 0.15) is 47.5 Å². The third-order valence-electron chi connectivity index (χ3n) is 2.54. The molecule has 17 heavy (non-hydrogen) atoms. The van der Waals surface area contributed by atoms with Crippen LogP contribution in [0.4, 0.5) is 0 Å². The molecule has 1 unspecified atom stereocenters. The Morgan fingerprint density at radius 1 is 1.35 bits per heavy atom. The van der Waals surface area contributed by atoms with Crippen LogP contribution in [-0.2, 0) is 14.3 Å². The lowest BCUT2D eigenvalue weighted by Crippen LogP contribution is -2.51.